The smallest absolute Gasteiger partial charge is 0.139 e. The lowest BCUT2D eigenvalue weighted by atomic mass is 10.1. The average Bonchev–Trinajstić information content (AvgIpc) is 2.83. The van der Waals surface area contributed by atoms with Crippen molar-refractivity contribution in [1.29, 1.82) is 0 Å². The van der Waals surface area contributed by atoms with Crippen LogP contribution in [-0.4, -0.2) is 24.4 Å². The fourth-order valence-electron chi connectivity index (χ4n) is 2.12. The second-order valence-electron chi connectivity index (χ2n) is 4.43. The molecule has 1 aromatic heterocycles. The van der Waals surface area contributed by atoms with E-state index in [9.17, 15) is 5.11 Å². The van der Waals surface area contributed by atoms with E-state index >= 15 is 0 Å². The molecule has 3 rings (SSSR count). The molecule has 2 aromatic carbocycles. The van der Waals surface area contributed by atoms with E-state index in [0.29, 0.717) is 5.75 Å². The average molecular weight is 257 g/mol. The molecule has 0 fully saturated rings. The molecule has 98 valence electrons. The van der Waals surface area contributed by atoms with Crippen LogP contribution < -0.4 is 10.5 Å². The lowest BCUT2D eigenvalue weighted by Gasteiger charge is -2.10. The van der Waals surface area contributed by atoms with E-state index < -0.39 is 6.10 Å². The minimum atomic E-state index is -0.659. The van der Waals surface area contributed by atoms with Crippen molar-refractivity contribution in [3.05, 3.63) is 42.5 Å². The van der Waals surface area contributed by atoms with Gasteiger partial charge in [-0.3, -0.25) is 0 Å². The Balaban J connectivity index is 2.08. The van der Waals surface area contributed by atoms with Gasteiger partial charge in [0.25, 0.3) is 0 Å². The van der Waals surface area contributed by atoms with Crippen molar-refractivity contribution in [1.82, 2.24) is 0 Å². The number of hydrogen-bond acceptors (Lipinski definition) is 4. The maximum Gasteiger partial charge on any atom is 0.139 e. The summed E-state index contributed by atoms with van der Waals surface area (Å²) in [5, 5.41) is 11.4. The predicted octanol–water partition coefficient (Wildman–Crippen LogP) is 2.28. The Morgan fingerprint density at radius 2 is 1.89 bits per heavy atom. The second kappa shape index (κ2) is 4.91. The van der Waals surface area contributed by atoms with Crippen molar-refractivity contribution < 1.29 is 14.3 Å². The largest absolute Gasteiger partial charge is 0.490 e. The molecule has 0 saturated heterocycles. The quantitative estimate of drug-likeness (QED) is 0.752. The van der Waals surface area contributed by atoms with E-state index in [-0.39, 0.29) is 13.2 Å². The monoisotopic (exact) mass is 257 g/mol. The fraction of sp³-hybridized carbons (Fsp3) is 0.200. The number of benzene rings is 2. The van der Waals surface area contributed by atoms with Gasteiger partial charge in [-0.2, -0.15) is 0 Å². The van der Waals surface area contributed by atoms with Crippen LogP contribution in [0.3, 0.4) is 0 Å². The molecule has 1 heterocycles. The Morgan fingerprint density at radius 3 is 2.74 bits per heavy atom. The second-order valence-corrected chi connectivity index (χ2v) is 4.43. The Hall–Kier alpha value is -2.04. The van der Waals surface area contributed by atoms with Crippen LogP contribution in [0.4, 0.5) is 0 Å². The topological polar surface area (TPSA) is 68.6 Å². The molecule has 19 heavy (non-hydrogen) atoms. The zero-order chi connectivity index (χ0) is 13.2. The normalized spacial score (nSPS) is 12.9. The third kappa shape index (κ3) is 2.16. The highest BCUT2D eigenvalue weighted by molar-refractivity contribution is 6.08. The number of rotatable bonds is 4. The Morgan fingerprint density at radius 1 is 1.11 bits per heavy atom. The first-order chi connectivity index (χ1) is 9.29. The molecule has 0 saturated carbocycles. The highest BCUT2D eigenvalue weighted by Gasteiger charge is 2.12. The van der Waals surface area contributed by atoms with Gasteiger partial charge < -0.3 is 20.0 Å². The molecule has 0 spiro atoms. The summed E-state index contributed by atoms with van der Waals surface area (Å²) in [4.78, 5) is 0. The molecule has 0 aliphatic carbocycles. The Labute approximate surface area is 110 Å². The lowest BCUT2D eigenvalue weighted by Crippen LogP contribution is -2.26. The van der Waals surface area contributed by atoms with Crippen LogP contribution >= 0.6 is 0 Å². The molecule has 3 N–H and O–H groups in total. The molecule has 0 radical (unpaired) electrons. The van der Waals surface area contributed by atoms with Crippen LogP contribution in [0, 0.1) is 0 Å². The van der Waals surface area contributed by atoms with Crippen LogP contribution in [0.2, 0.25) is 0 Å². The number of ether oxygens (including phenoxy) is 1. The molecule has 1 atom stereocenters. The number of aliphatic hydroxyl groups is 1. The summed E-state index contributed by atoms with van der Waals surface area (Å²) in [6.45, 7) is 0.358. The van der Waals surface area contributed by atoms with E-state index in [0.717, 1.165) is 21.9 Å². The van der Waals surface area contributed by atoms with E-state index in [1.807, 2.05) is 42.5 Å². The standard InChI is InChI=1S/C15H15NO3/c16-8-10(17)9-18-13-6-3-7-14-15(13)11-4-1-2-5-12(11)19-14/h1-7,10,17H,8-9,16H2. The zero-order valence-electron chi connectivity index (χ0n) is 10.4. The molecule has 1 unspecified atom stereocenters. The van der Waals surface area contributed by atoms with Gasteiger partial charge in [0.05, 0.1) is 5.39 Å². The van der Waals surface area contributed by atoms with Gasteiger partial charge in [0.15, 0.2) is 0 Å². The molecular weight excluding hydrogens is 242 g/mol. The summed E-state index contributed by atoms with van der Waals surface area (Å²) in [6, 6.07) is 13.5. The van der Waals surface area contributed by atoms with Gasteiger partial charge in [-0.05, 0) is 18.2 Å². The maximum atomic E-state index is 9.48. The number of para-hydroxylation sites is 1. The minimum absolute atomic E-state index is 0.176. The van der Waals surface area contributed by atoms with Gasteiger partial charge in [-0.15, -0.1) is 0 Å². The summed E-state index contributed by atoms with van der Waals surface area (Å²) in [5.41, 5.74) is 6.98. The van der Waals surface area contributed by atoms with E-state index in [1.54, 1.807) is 0 Å². The fourth-order valence-corrected chi connectivity index (χ4v) is 2.12. The molecular formula is C15H15NO3. The molecule has 0 aliphatic heterocycles. The van der Waals surface area contributed by atoms with Gasteiger partial charge >= 0.3 is 0 Å². The van der Waals surface area contributed by atoms with Crippen LogP contribution in [0.1, 0.15) is 0 Å². The number of fused-ring (bicyclic) bond motifs is 3. The minimum Gasteiger partial charge on any atom is -0.490 e. The van der Waals surface area contributed by atoms with Gasteiger partial charge in [0, 0.05) is 11.9 Å². The summed E-state index contributed by atoms with van der Waals surface area (Å²) in [5.74, 6) is 0.704. The van der Waals surface area contributed by atoms with E-state index in [2.05, 4.69) is 0 Å². The van der Waals surface area contributed by atoms with E-state index in [4.69, 9.17) is 14.9 Å². The molecule has 4 nitrogen and oxygen atoms in total. The molecule has 0 aliphatic rings. The number of hydrogen-bond donors (Lipinski definition) is 2. The van der Waals surface area contributed by atoms with Gasteiger partial charge in [-0.25, -0.2) is 0 Å². The van der Waals surface area contributed by atoms with Crippen molar-refractivity contribution in [2.24, 2.45) is 5.73 Å². The molecule has 0 bridgehead atoms. The SMILES string of the molecule is NCC(O)COc1cccc2oc3ccccc3c12. The summed E-state index contributed by atoms with van der Waals surface area (Å²) >= 11 is 0. The molecule has 4 heteroatoms. The van der Waals surface area contributed by atoms with Gasteiger partial charge in [-0.1, -0.05) is 24.3 Å². The number of aliphatic hydroxyl groups excluding tert-OH is 1. The van der Waals surface area contributed by atoms with Crippen LogP contribution in [0.25, 0.3) is 21.9 Å². The summed E-state index contributed by atoms with van der Waals surface area (Å²) in [7, 11) is 0. The van der Waals surface area contributed by atoms with Gasteiger partial charge in [0.1, 0.15) is 29.6 Å². The predicted molar refractivity (Wildman–Crippen MR) is 74.3 cm³/mol. The van der Waals surface area contributed by atoms with Crippen LogP contribution in [0.15, 0.2) is 46.9 Å². The van der Waals surface area contributed by atoms with Crippen LogP contribution in [0.5, 0.6) is 5.75 Å². The highest BCUT2D eigenvalue weighted by atomic mass is 16.5. The maximum absolute atomic E-state index is 9.48. The Kier molecular flexibility index (Phi) is 3.11. The first-order valence-corrected chi connectivity index (χ1v) is 6.21. The van der Waals surface area contributed by atoms with Crippen molar-refractivity contribution in [2.75, 3.05) is 13.2 Å². The first-order valence-electron chi connectivity index (χ1n) is 6.21. The third-order valence-corrected chi connectivity index (χ3v) is 3.07. The first kappa shape index (κ1) is 12.0. The zero-order valence-corrected chi connectivity index (χ0v) is 10.4. The van der Waals surface area contributed by atoms with E-state index in [1.165, 1.54) is 0 Å². The molecule has 0 amide bonds. The molecule has 3 aromatic rings. The van der Waals surface area contributed by atoms with Crippen LogP contribution in [-0.2, 0) is 0 Å². The number of nitrogens with two attached hydrogens (primary N) is 1. The Bertz CT molecular complexity index is 705. The third-order valence-electron chi connectivity index (χ3n) is 3.07. The van der Waals surface area contributed by atoms with Crippen molar-refractivity contribution in [3.63, 3.8) is 0 Å². The number of furan rings is 1. The van der Waals surface area contributed by atoms with Crippen molar-refractivity contribution in [3.8, 4) is 5.75 Å². The van der Waals surface area contributed by atoms with Gasteiger partial charge in [0.2, 0.25) is 0 Å². The summed E-state index contributed by atoms with van der Waals surface area (Å²) in [6.07, 6.45) is -0.659. The van der Waals surface area contributed by atoms with Crippen molar-refractivity contribution >= 4 is 21.9 Å². The summed E-state index contributed by atoms with van der Waals surface area (Å²) < 4.78 is 11.4. The lowest BCUT2D eigenvalue weighted by molar-refractivity contribution is 0.115. The van der Waals surface area contributed by atoms with Crippen molar-refractivity contribution in [2.45, 2.75) is 6.10 Å². The highest BCUT2D eigenvalue weighted by Crippen LogP contribution is 2.35.